The summed E-state index contributed by atoms with van der Waals surface area (Å²) in [5.41, 5.74) is 1.14. The van der Waals surface area contributed by atoms with Crippen LogP contribution in [0, 0.1) is 5.82 Å². The highest BCUT2D eigenvalue weighted by Crippen LogP contribution is 2.35. The molecule has 0 fully saturated rings. The predicted octanol–water partition coefficient (Wildman–Crippen LogP) is 0.877. The molecule has 0 aromatic heterocycles. The lowest BCUT2D eigenvalue weighted by atomic mass is 10.1. The van der Waals surface area contributed by atoms with Crippen molar-refractivity contribution in [1.82, 2.24) is 0 Å². The molecule has 1 aliphatic heterocycles. The Bertz CT molecular complexity index is 432. The number of carbonyl (C=O) groups excluding carboxylic acids is 1. The zero-order valence-corrected chi connectivity index (χ0v) is 8.41. The lowest BCUT2D eigenvalue weighted by Crippen LogP contribution is -2.11. The topological polar surface area (TPSA) is 52.6 Å². The van der Waals surface area contributed by atoms with Gasteiger partial charge in [-0.05, 0) is 12.1 Å². The molecule has 4 nitrogen and oxygen atoms in total. The van der Waals surface area contributed by atoms with Gasteiger partial charge >= 0.3 is 0 Å². The molecule has 1 heterocycles. The van der Waals surface area contributed by atoms with Crippen molar-refractivity contribution in [3.63, 3.8) is 0 Å². The molecule has 1 amide bonds. The zero-order chi connectivity index (χ0) is 11.2. The van der Waals surface area contributed by atoms with E-state index in [9.17, 15) is 14.3 Å². The molecular weight excluding hydrogens is 199 g/mol. The molecule has 15 heavy (non-hydrogen) atoms. The molecule has 5 heteroatoms. The number of anilines is 2. The van der Waals surface area contributed by atoms with Crippen molar-refractivity contribution in [2.75, 3.05) is 24.3 Å². The van der Waals surface area contributed by atoms with Crippen molar-refractivity contribution in [1.29, 1.82) is 0 Å². The third kappa shape index (κ3) is 1.45. The van der Waals surface area contributed by atoms with Gasteiger partial charge in [0, 0.05) is 25.3 Å². The summed E-state index contributed by atoms with van der Waals surface area (Å²) in [5, 5.41) is 11.9. The van der Waals surface area contributed by atoms with Crippen molar-refractivity contribution in [2.45, 2.75) is 6.10 Å². The summed E-state index contributed by atoms with van der Waals surface area (Å²) in [7, 11) is 3.41. The fourth-order valence-electron chi connectivity index (χ4n) is 1.60. The number of aliphatic hydroxyl groups excluding tert-OH is 1. The number of nitrogens with one attached hydrogen (secondary N) is 1. The Balaban J connectivity index is 2.54. The summed E-state index contributed by atoms with van der Waals surface area (Å²) < 4.78 is 13.5. The molecule has 2 rings (SSSR count). The number of hydrogen-bond acceptors (Lipinski definition) is 3. The molecule has 1 unspecified atom stereocenters. The minimum atomic E-state index is -1.26. The van der Waals surface area contributed by atoms with Crippen LogP contribution in [0.5, 0.6) is 0 Å². The maximum Gasteiger partial charge on any atom is 0.257 e. The number of halogens is 1. The number of carbonyl (C=O) groups is 1. The number of hydrogen-bond donors (Lipinski definition) is 2. The third-order valence-corrected chi connectivity index (χ3v) is 2.40. The second-order valence-corrected chi connectivity index (χ2v) is 3.68. The minimum absolute atomic E-state index is 0.295. The van der Waals surface area contributed by atoms with E-state index in [0.29, 0.717) is 16.9 Å². The molecule has 0 saturated carbocycles. The van der Waals surface area contributed by atoms with Crippen LogP contribution in [0.1, 0.15) is 11.7 Å². The van der Waals surface area contributed by atoms with Crippen LogP contribution in [0.25, 0.3) is 0 Å². The second kappa shape index (κ2) is 3.20. The van der Waals surface area contributed by atoms with E-state index in [-0.39, 0.29) is 0 Å². The Morgan fingerprint density at radius 2 is 2.13 bits per heavy atom. The third-order valence-electron chi connectivity index (χ3n) is 2.40. The molecule has 80 valence electrons. The first kappa shape index (κ1) is 9.92. The fourth-order valence-corrected chi connectivity index (χ4v) is 1.60. The Kier molecular flexibility index (Phi) is 2.12. The lowest BCUT2D eigenvalue weighted by molar-refractivity contribution is -0.123. The molecule has 0 spiro atoms. The summed E-state index contributed by atoms with van der Waals surface area (Å²) in [6, 6.07) is 2.70. The van der Waals surface area contributed by atoms with E-state index in [1.165, 1.54) is 12.1 Å². The van der Waals surface area contributed by atoms with Gasteiger partial charge < -0.3 is 15.3 Å². The monoisotopic (exact) mass is 210 g/mol. The van der Waals surface area contributed by atoms with Gasteiger partial charge in [-0.2, -0.15) is 0 Å². The standard InChI is InChI=1S/C10H11FN2O2/c1-13(2)8-4-7-5(3-6(8)11)9(14)10(15)12-7/h3-4,9,14H,1-2H3,(H,12,15). The molecule has 0 aliphatic carbocycles. The molecule has 0 saturated heterocycles. The molecule has 1 atom stereocenters. The molecule has 1 aromatic carbocycles. The van der Waals surface area contributed by atoms with Gasteiger partial charge in [0.2, 0.25) is 0 Å². The van der Waals surface area contributed by atoms with Gasteiger partial charge in [-0.25, -0.2) is 4.39 Å². The average molecular weight is 210 g/mol. The van der Waals surface area contributed by atoms with Crippen LogP contribution in [-0.2, 0) is 4.79 Å². The molecule has 1 aromatic rings. The number of rotatable bonds is 1. The molecule has 2 N–H and O–H groups in total. The van der Waals surface area contributed by atoms with Crippen LogP contribution in [-0.4, -0.2) is 25.1 Å². The van der Waals surface area contributed by atoms with Gasteiger partial charge in [0.05, 0.1) is 5.69 Å². The van der Waals surface area contributed by atoms with E-state index in [2.05, 4.69) is 5.32 Å². The Morgan fingerprint density at radius 1 is 1.47 bits per heavy atom. The van der Waals surface area contributed by atoms with Crippen molar-refractivity contribution < 1.29 is 14.3 Å². The van der Waals surface area contributed by atoms with E-state index >= 15 is 0 Å². The van der Waals surface area contributed by atoms with E-state index in [4.69, 9.17) is 0 Å². The highest BCUT2D eigenvalue weighted by atomic mass is 19.1. The summed E-state index contributed by atoms with van der Waals surface area (Å²) in [6.07, 6.45) is -1.26. The maximum absolute atomic E-state index is 13.5. The first-order valence-electron chi connectivity index (χ1n) is 4.50. The summed E-state index contributed by atoms with van der Waals surface area (Å²) in [6.45, 7) is 0. The van der Waals surface area contributed by atoms with Gasteiger partial charge in [-0.3, -0.25) is 4.79 Å². The van der Waals surface area contributed by atoms with Gasteiger partial charge in [-0.15, -0.1) is 0 Å². The highest BCUT2D eigenvalue weighted by molar-refractivity contribution is 6.02. The fraction of sp³-hybridized carbons (Fsp3) is 0.300. The number of benzene rings is 1. The van der Waals surface area contributed by atoms with E-state index in [0.717, 1.165) is 0 Å². The largest absolute Gasteiger partial charge is 0.378 e. The smallest absolute Gasteiger partial charge is 0.257 e. The molecule has 1 aliphatic rings. The Hall–Kier alpha value is -1.62. The Morgan fingerprint density at radius 3 is 2.73 bits per heavy atom. The zero-order valence-electron chi connectivity index (χ0n) is 8.41. The van der Waals surface area contributed by atoms with E-state index in [1.807, 2.05) is 0 Å². The molecule has 0 radical (unpaired) electrons. The van der Waals surface area contributed by atoms with Crippen LogP contribution < -0.4 is 10.2 Å². The van der Waals surface area contributed by atoms with Crippen molar-refractivity contribution >= 4 is 17.3 Å². The summed E-state index contributed by atoms with van der Waals surface area (Å²) in [4.78, 5) is 12.7. The van der Waals surface area contributed by atoms with E-state index < -0.39 is 17.8 Å². The number of aliphatic hydroxyl groups is 1. The number of fused-ring (bicyclic) bond motifs is 1. The van der Waals surface area contributed by atoms with Crippen LogP contribution in [0.3, 0.4) is 0 Å². The van der Waals surface area contributed by atoms with Gasteiger partial charge in [0.15, 0.2) is 6.10 Å². The van der Waals surface area contributed by atoms with Crippen LogP contribution in [0.2, 0.25) is 0 Å². The maximum atomic E-state index is 13.5. The van der Waals surface area contributed by atoms with Crippen LogP contribution in [0.4, 0.5) is 15.8 Å². The summed E-state index contributed by atoms with van der Waals surface area (Å²) >= 11 is 0. The lowest BCUT2D eigenvalue weighted by Gasteiger charge is -2.14. The quantitative estimate of drug-likeness (QED) is 0.723. The van der Waals surface area contributed by atoms with Crippen LogP contribution in [0.15, 0.2) is 12.1 Å². The SMILES string of the molecule is CN(C)c1cc2c(cc1F)C(O)C(=O)N2. The molecular formula is C10H11FN2O2. The first-order chi connectivity index (χ1) is 7.00. The predicted molar refractivity (Wildman–Crippen MR) is 54.3 cm³/mol. The normalized spacial score (nSPS) is 18.7. The number of amides is 1. The van der Waals surface area contributed by atoms with Crippen molar-refractivity contribution in [3.05, 3.63) is 23.5 Å². The minimum Gasteiger partial charge on any atom is -0.378 e. The second-order valence-electron chi connectivity index (χ2n) is 3.68. The highest BCUT2D eigenvalue weighted by Gasteiger charge is 2.30. The van der Waals surface area contributed by atoms with Gasteiger partial charge in [0.1, 0.15) is 5.82 Å². The van der Waals surface area contributed by atoms with Crippen molar-refractivity contribution in [2.24, 2.45) is 0 Å². The van der Waals surface area contributed by atoms with Crippen molar-refractivity contribution in [3.8, 4) is 0 Å². The van der Waals surface area contributed by atoms with Gasteiger partial charge in [0.25, 0.3) is 5.91 Å². The number of nitrogens with zero attached hydrogens (tertiary/aromatic N) is 1. The Labute approximate surface area is 86.3 Å². The van der Waals surface area contributed by atoms with E-state index in [1.54, 1.807) is 19.0 Å². The van der Waals surface area contributed by atoms with Gasteiger partial charge in [-0.1, -0.05) is 0 Å². The molecule has 0 bridgehead atoms. The summed E-state index contributed by atoms with van der Waals surface area (Å²) in [5.74, 6) is -0.963. The van der Waals surface area contributed by atoms with Crippen LogP contribution >= 0.6 is 0 Å². The average Bonchev–Trinajstić information content (AvgIpc) is 2.43. The first-order valence-corrected chi connectivity index (χ1v) is 4.50.